The van der Waals surface area contributed by atoms with Crippen LogP contribution in [0.4, 0.5) is 4.79 Å². The molecule has 2 unspecified atom stereocenters. The second-order valence-corrected chi connectivity index (χ2v) is 7.15. The minimum absolute atomic E-state index is 0.0962. The first-order valence-electron chi connectivity index (χ1n) is 7.95. The van der Waals surface area contributed by atoms with Crippen LogP contribution in [-0.4, -0.2) is 40.8 Å². The van der Waals surface area contributed by atoms with Gasteiger partial charge < -0.3 is 14.7 Å². The molecule has 1 aliphatic heterocycles. The molecule has 5 heteroatoms. The third kappa shape index (κ3) is 4.24. The summed E-state index contributed by atoms with van der Waals surface area (Å²) >= 11 is 0. The van der Waals surface area contributed by atoms with Crippen LogP contribution in [0.25, 0.3) is 0 Å². The van der Waals surface area contributed by atoms with Crippen molar-refractivity contribution in [1.29, 1.82) is 0 Å². The molecule has 2 rings (SSSR count). The molecule has 23 heavy (non-hydrogen) atoms. The van der Waals surface area contributed by atoms with E-state index in [1.165, 1.54) is 0 Å². The fourth-order valence-corrected chi connectivity index (χ4v) is 3.08. The highest BCUT2D eigenvalue weighted by Gasteiger charge is 2.38. The Labute approximate surface area is 137 Å². The molecule has 0 bridgehead atoms. The van der Waals surface area contributed by atoms with E-state index in [4.69, 9.17) is 4.74 Å². The summed E-state index contributed by atoms with van der Waals surface area (Å²) in [5.41, 5.74) is 1.25. The number of carbonyl (C=O) groups excluding carboxylic acids is 1. The monoisotopic (exact) mass is 319 g/mol. The lowest BCUT2D eigenvalue weighted by atomic mass is 9.83. The molecule has 1 aromatic carbocycles. The lowest BCUT2D eigenvalue weighted by Crippen LogP contribution is -2.36. The first kappa shape index (κ1) is 17.3. The average Bonchev–Trinajstić information content (AvgIpc) is 2.88. The molecular weight excluding hydrogens is 294 g/mol. The Morgan fingerprint density at radius 2 is 1.96 bits per heavy atom. The van der Waals surface area contributed by atoms with Crippen LogP contribution in [0.2, 0.25) is 0 Å². The molecule has 1 fully saturated rings. The van der Waals surface area contributed by atoms with Crippen LogP contribution in [-0.2, 0) is 9.53 Å². The molecular formula is C18H25NO4. The zero-order valence-electron chi connectivity index (χ0n) is 14.2. The Hall–Kier alpha value is -2.04. The van der Waals surface area contributed by atoms with Crippen LogP contribution in [0.1, 0.15) is 44.2 Å². The third-order valence-corrected chi connectivity index (χ3v) is 4.14. The zero-order chi connectivity index (χ0) is 17.2. The van der Waals surface area contributed by atoms with E-state index in [2.05, 4.69) is 0 Å². The standard InChI is InChI=1S/C18H25NO4/c1-12-7-5-6-8-14(12)15(16(20)21)13-9-10-19(11-13)17(22)23-18(2,3)4/h5-8,13,15H,9-11H2,1-4H3,(H,20,21). The van der Waals surface area contributed by atoms with Crippen molar-refractivity contribution >= 4 is 12.1 Å². The van der Waals surface area contributed by atoms with Gasteiger partial charge >= 0.3 is 12.1 Å². The number of ether oxygens (including phenoxy) is 1. The van der Waals surface area contributed by atoms with Crippen molar-refractivity contribution in [2.24, 2.45) is 5.92 Å². The van der Waals surface area contributed by atoms with Crippen LogP contribution in [0, 0.1) is 12.8 Å². The first-order valence-corrected chi connectivity index (χ1v) is 7.95. The predicted molar refractivity (Wildman–Crippen MR) is 87.5 cm³/mol. The third-order valence-electron chi connectivity index (χ3n) is 4.14. The smallest absolute Gasteiger partial charge is 0.410 e. The van der Waals surface area contributed by atoms with Crippen molar-refractivity contribution in [3.63, 3.8) is 0 Å². The average molecular weight is 319 g/mol. The van der Waals surface area contributed by atoms with E-state index in [0.29, 0.717) is 19.5 Å². The summed E-state index contributed by atoms with van der Waals surface area (Å²) in [6, 6.07) is 7.55. The van der Waals surface area contributed by atoms with E-state index in [9.17, 15) is 14.7 Å². The molecule has 2 atom stereocenters. The summed E-state index contributed by atoms with van der Waals surface area (Å²) in [5.74, 6) is -1.53. The van der Waals surface area contributed by atoms with E-state index < -0.39 is 17.5 Å². The molecule has 126 valence electrons. The number of nitrogens with zero attached hydrogens (tertiary/aromatic N) is 1. The van der Waals surface area contributed by atoms with Crippen molar-refractivity contribution in [3.8, 4) is 0 Å². The minimum Gasteiger partial charge on any atom is -0.481 e. The second kappa shape index (κ2) is 6.60. The normalized spacial score (nSPS) is 19.5. The number of carboxylic acids is 1. The number of aryl methyl sites for hydroxylation is 1. The maximum atomic E-state index is 12.2. The quantitative estimate of drug-likeness (QED) is 0.927. The van der Waals surface area contributed by atoms with Crippen molar-refractivity contribution < 1.29 is 19.4 Å². The molecule has 1 saturated heterocycles. The zero-order valence-corrected chi connectivity index (χ0v) is 14.2. The number of likely N-dealkylation sites (tertiary alicyclic amines) is 1. The Morgan fingerprint density at radius 3 is 2.52 bits per heavy atom. The highest BCUT2D eigenvalue weighted by molar-refractivity contribution is 5.77. The van der Waals surface area contributed by atoms with Gasteiger partial charge in [0.1, 0.15) is 5.60 Å². The van der Waals surface area contributed by atoms with Gasteiger partial charge in [-0.1, -0.05) is 24.3 Å². The maximum absolute atomic E-state index is 12.2. The van der Waals surface area contributed by atoms with Crippen molar-refractivity contribution in [2.75, 3.05) is 13.1 Å². The number of hydrogen-bond acceptors (Lipinski definition) is 3. The van der Waals surface area contributed by atoms with E-state index in [1.54, 1.807) is 4.90 Å². The molecule has 0 aliphatic carbocycles. The van der Waals surface area contributed by atoms with Crippen molar-refractivity contribution in [2.45, 2.75) is 45.6 Å². The SMILES string of the molecule is Cc1ccccc1C(C(=O)O)C1CCN(C(=O)OC(C)(C)C)C1. The molecule has 1 N–H and O–H groups in total. The number of hydrogen-bond donors (Lipinski definition) is 1. The molecule has 0 saturated carbocycles. The minimum atomic E-state index is -0.838. The summed E-state index contributed by atoms with van der Waals surface area (Å²) < 4.78 is 5.38. The molecule has 0 aromatic heterocycles. The Kier molecular flexibility index (Phi) is 4.97. The molecule has 1 aliphatic rings. The molecule has 1 heterocycles. The lowest BCUT2D eigenvalue weighted by molar-refractivity contribution is -0.140. The van der Waals surface area contributed by atoms with Crippen LogP contribution in [0.15, 0.2) is 24.3 Å². The lowest BCUT2D eigenvalue weighted by Gasteiger charge is -2.25. The van der Waals surface area contributed by atoms with E-state index in [0.717, 1.165) is 11.1 Å². The fourth-order valence-electron chi connectivity index (χ4n) is 3.08. The van der Waals surface area contributed by atoms with Crippen molar-refractivity contribution in [3.05, 3.63) is 35.4 Å². The van der Waals surface area contributed by atoms with Gasteiger partial charge in [-0.3, -0.25) is 4.79 Å². The number of amides is 1. The molecule has 1 amide bonds. The van der Waals surface area contributed by atoms with Crippen LogP contribution >= 0.6 is 0 Å². The number of rotatable bonds is 3. The van der Waals surface area contributed by atoms with Gasteiger partial charge in [0.05, 0.1) is 5.92 Å². The molecule has 0 spiro atoms. The highest BCUT2D eigenvalue weighted by atomic mass is 16.6. The van der Waals surface area contributed by atoms with Gasteiger partial charge in [-0.2, -0.15) is 0 Å². The molecule has 1 aromatic rings. The van der Waals surface area contributed by atoms with Gasteiger partial charge in [-0.05, 0) is 51.2 Å². The van der Waals surface area contributed by atoms with Gasteiger partial charge in [-0.25, -0.2) is 4.79 Å². The Balaban J connectivity index is 2.13. The summed E-state index contributed by atoms with van der Waals surface area (Å²) in [7, 11) is 0. The van der Waals surface area contributed by atoms with Crippen LogP contribution in [0.3, 0.4) is 0 Å². The fraction of sp³-hybridized carbons (Fsp3) is 0.556. The Morgan fingerprint density at radius 1 is 1.30 bits per heavy atom. The second-order valence-electron chi connectivity index (χ2n) is 7.15. The van der Waals surface area contributed by atoms with Gasteiger partial charge in [-0.15, -0.1) is 0 Å². The van der Waals surface area contributed by atoms with E-state index >= 15 is 0 Å². The largest absolute Gasteiger partial charge is 0.481 e. The number of benzene rings is 1. The van der Waals surface area contributed by atoms with Crippen LogP contribution < -0.4 is 0 Å². The number of carboxylic acid groups (broad SMARTS) is 1. The molecule has 5 nitrogen and oxygen atoms in total. The number of carbonyl (C=O) groups is 2. The highest BCUT2D eigenvalue weighted by Crippen LogP contribution is 2.34. The van der Waals surface area contributed by atoms with Gasteiger partial charge in [0.15, 0.2) is 0 Å². The molecule has 0 radical (unpaired) electrons. The van der Waals surface area contributed by atoms with Crippen molar-refractivity contribution in [1.82, 2.24) is 4.90 Å². The van der Waals surface area contributed by atoms with Gasteiger partial charge in [0.25, 0.3) is 0 Å². The summed E-state index contributed by atoms with van der Waals surface area (Å²) in [6.45, 7) is 8.35. The van der Waals surface area contributed by atoms with E-state index in [1.807, 2.05) is 52.0 Å². The van der Waals surface area contributed by atoms with Gasteiger partial charge in [0, 0.05) is 13.1 Å². The summed E-state index contributed by atoms with van der Waals surface area (Å²) in [5, 5.41) is 9.69. The first-order chi connectivity index (χ1) is 10.7. The number of aliphatic carboxylic acids is 1. The maximum Gasteiger partial charge on any atom is 0.410 e. The summed E-state index contributed by atoms with van der Waals surface area (Å²) in [4.78, 5) is 25.6. The Bertz CT molecular complexity index is 591. The topological polar surface area (TPSA) is 66.8 Å². The predicted octanol–water partition coefficient (Wildman–Crippen LogP) is 3.42. The van der Waals surface area contributed by atoms with Crippen LogP contribution in [0.5, 0.6) is 0 Å². The van der Waals surface area contributed by atoms with E-state index in [-0.39, 0.29) is 12.0 Å². The summed E-state index contributed by atoms with van der Waals surface area (Å²) in [6.07, 6.45) is 0.304. The van der Waals surface area contributed by atoms with Gasteiger partial charge in [0.2, 0.25) is 0 Å².